The molecule has 2 rings (SSSR count). The van der Waals surface area contributed by atoms with Crippen molar-refractivity contribution in [3.05, 3.63) is 29.8 Å². The molecule has 0 saturated heterocycles. The van der Waals surface area contributed by atoms with Crippen molar-refractivity contribution >= 4 is 11.3 Å². The molecule has 2 aromatic rings. The molecule has 0 aliphatic carbocycles. The normalized spacial score (nSPS) is 9.88. The second kappa shape index (κ2) is 4.85. The quantitative estimate of drug-likeness (QED) is 0.818. The molecule has 16 heavy (non-hydrogen) atoms. The van der Waals surface area contributed by atoms with Crippen LogP contribution < -0.4 is 14.2 Å². The van der Waals surface area contributed by atoms with Crippen LogP contribution >= 0.6 is 11.3 Å². The summed E-state index contributed by atoms with van der Waals surface area (Å²) in [6, 6.07) is 5.31. The molecule has 5 heteroatoms. The van der Waals surface area contributed by atoms with Crippen molar-refractivity contribution < 1.29 is 14.2 Å². The van der Waals surface area contributed by atoms with Crippen molar-refractivity contribution in [2.45, 2.75) is 0 Å². The van der Waals surface area contributed by atoms with Crippen LogP contribution in [0.4, 0.5) is 0 Å². The van der Waals surface area contributed by atoms with Gasteiger partial charge in [0, 0.05) is 18.2 Å². The second-order valence-corrected chi connectivity index (χ2v) is 3.68. The van der Waals surface area contributed by atoms with Crippen molar-refractivity contribution in [2.75, 3.05) is 14.2 Å². The third kappa shape index (κ3) is 2.43. The molecule has 0 saturated carbocycles. The van der Waals surface area contributed by atoms with E-state index in [2.05, 4.69) is 10.4 Å². The fraction of sp³-hybridized carbons (Fsp3) is 0.182. The number of hydrogen-bond donors (Lipinski definition) is 0. The fourth-order valence-corrected chi connectivity index (χ4v) is 1.62. The monoisotopic (exact) mass is 236 g/mol. The highest BCUT2D eigenvalue weighted by molar-refractivity contribution is 7.10. The smallest absolute Gasteiger partial charge is 0.279 e. The Hall–Kier alpha value is -1.75. The van der Waals surface area contributed by atoms with E-state index in [0.29, 0.717) is 22.4 Å². The first-order chi connectivity index (χ1) is 7.81. The first-order valence-electron chi connectivity index (χ1n) is 4.54. The molecule has 0 atom stereocenters. The van der Waals surface area contributed by atoms with Gasteiger partial charge in [0.2, 0.25) is 0 Å². The number of hydrogen-bond acceptors (Lipinski definition) is 5. The minimum absolute atomic E-state index is 0.537. The van der Waals surface area contributed by atoms with Gasteiger partial charge >= 0.3 is 0 Å². The Labute approximate surface area is 97.4 Å². The second-order valence-electron chi connectivity index (χ2n) is 2.89. The summed E-state index contributed by atoms with van der Waals surface area (Å²) < 4.78 is 15.8. The summed E-state index contributed by atoms with van der Waals surface area (Å²) in [4.78, 5) is 3.98. The van der Waals surface area contributed by atoms with E-state index < -0.39 is 0 Å². The Balaban J connectivity index is 2.26. The maximum atomic E-state index is 5.52. The summed E-state index contributed by atoms with van der Waals surface area (Å²) in [5.74, 6) is 1.98. The highest BCUT2D eigenvalue weighted by Crippen LogP contribution is 2.31. The SMILES string of the molecule is COc1cc(OC)cc(Oc2nc[c]s2)c1. The summed E-state index contributed by atoms with van der Waals surface area (Å²) >= 11 is 1.30. The lowest BCUT2D eigenvalue weighted by molar-refractivity contribution is 0.386. The van der Waals surface area contributed by atoms with Gasteiger partial charge in [-0.15, -0.1) is 0 Å². The lowest BCUT2D eigenvalue weighted by Gasteiger charge is -2.07. The van der Waals surface area contributed by atoms with Gasteiger partial charge in [0.15, 0.2) is 0 Å². The predicted octanol–water partition coefficient (Wildman–Crippen LogP) is 2.75. The third-order valence-electron chi connectivity index (χ3n) is 1.90. The zero-order valence-electron chi connectivity index (χ0n) is 8.89. The van der Waals surface area contributed by atoms with Crippen LogP contribution in [0, 0.1) is 5.38 Å². The average molecular weight is 236 g/mol. The van der Waals surface area contributed by atoms with Crippen LogP contribution in [0.25, 0.3) is 0 Å². The van der Waals surface area contributed by atoms with E-state index in [9.17, 15) is 0 Å². The maximum absolute atomic E-state index is 5.52. The predicted molar refractivity (Wildman–Crippen MR) is 60.6 cm³/mol. The van der Waals surface area contributed by atoms with Crippen molar-refractivity contribution in [3.63, 3.8) is 0 Å². The number of ether oxygens (including phenoxy) is 3. The maximum Gasteiger partial charge on any atom is 0.279 e. The topological polar surface area (TPSA) is 40.6 Å². The molecule has 0 unspecified atom stereocenters. The minimum Gasteiger partial charge on any atom is -0.496 e. The molecule has 1 aromatic carbocycles. The molecule has 0 spiro atoms. The van der Waals surface area contributed by atoms with Crippen LogP contribution in [0.2, 0.25) is 0 Å². The Kier molecular flexibility index (Phi) is 3.26. The van der Waals surface area contributed by atoms with Gasteiger partial charge in [-0.1, -0.05) is 11.3 Å². The van der Waals surface area contributed by atoms with E-state index >= 15 is 0 Å². The van der Waals surface area contributed by atoms with Crippen molar-refractivity contribution in [1.82, 2.24) is 4.98 Å². The summed E-state index contributed by atoms with van der Waals surface area (Å²) in [7, 11) is 3.19. The first kappa shape index (κ1) is 10.8. The molecule has 0 bridgehead atoms. The fourth-order valence-electron chi connectivity index (χ4n) is 1.17. The third-order valence-corrected chi connectivity index (χ3v) is 2.49. The summed E-state index contributed by atoms with van der Waals surface area (Å²) in [6.07, 6.45) is 1.57. The molecule has 0 aliphatic rings. The average Bonchev–Trinajstić information content (AvgIpc) is 2.81. The van der Waals surface area contributed by atoms with E-state index in [1.165, 1.54) is 11.3 Å². The van der Waals surface area contributed by atoms with Crippen LogP contribution in [0.15, 0.2) is 24.4 Å². The molecule has 0 aliphatic heterocycles. The van der Waals surface area contributed by atoms with Gasteiger partial charge in [0.25, 0.3) is 5.19 Å². The molecule has 0 fully saturated rings. The minimum atomic E-state index is 0.537. The van der Waals surface area contributed by atoms with Crippen LogP contribution in [0.5, 0.6) is 22.4 Å². The highest BCUT2D eigenvalue weighted by Gasteiger charge is 2.05. The molecule has 1 radical (unpaired) electrons. The molecule has 1 aromatic heterocycles. The summed E-state index contributed by atoms with van der Waals surface area (Å²) in [5, 5.41) is 3.39. The standard InChI is InChI=1S/C11H10NO3S/c1-13-8-5-9(14-2)7-10(6-8)15-11-12-3-4-16-11/h3,5-7H,1-2H3. The largest absolute Gasteiger partial charge is 0.496 e. The first-order valence-corrected chi connectivity index (χ1v) is 5.36. The van der Waals surface area contributed by atoms with Gasteiger partial charge in [-0.25, -0.2) is 4.98 Å². The van der Waals surface area contributed by atoms with Crippen molar-refractivity contribution in [1.29, 1.82) is 0 Å². The van der Waals surface area contributed by atoms with Crippen molar-refractivity contribution in [3.8, 4) is 22.4 Å². The van der Waals surface area contributed by atoms with Gasteiger partial charge in [-0.05, 0) is 0 Å². The summed E-state index contributed by atoms with van der Waals surface area (Å²) in [6.45, 7) is 0. The van der Waals surface area contributed by atoms with E-state index in [1.54, 1.807) is 38.6 Å². The van der Waals surface area contributed by atoms with E-state index in [-0.39, 0.29) is 0 Å². The van der Waals surface area contributed by atoms with Crippen molar-refractivity contribution in [2.24, 2.45) is 0 Å². The number of methoxy groups -OCH3 is 2. The van der Waals surface area contributed by atoms with Crippen LogP contribution in [0.3, 0.4) is 0 Å². The Morgan fingerprint density at radius 3 is 2.19 bits per heavy atom. The number of aromatic nitrogens is 1. The number of thiazole rings is 1. The van der Waals surface area contributed by atoms with Gasteiger partial charge in [-0.3, -0.25) is 0 Å². The molecule has 1 heterocycles. The molecule has 0 amide bonds. The van der Waals surface area contributed by atoms with E-state index in [1.807, 2.05) is 0 Å². The van der Waals surface area contributed by atoms with Crippen LogP contribution in [0.1, 0.15) is 0 Å². The van der Waals surface area contributed by atoms with Crippen LogP contribution in [-0.4, -0.2) is 19.2 Å². The molecular weight excluding hydrogens is 226 g/mol. The Bertz CT molecular complexity index is 434. The molecule has 4 nitrogen and oxygen atoms in total. The Morgan fingerprint density at radius 2 is 1.69 bits per heavy atom. The molecular formula is C11H10NO3S. The lowest BCUT2D eigenvalue weighted by atomic mass is 10.3. The zero-order valence-corrected chi connectivity index (χ0v) is 9.71. The number of rotatable bonds is 4. The van der Waals surface area contributed by atoms with Gasteiger partial charge in [0.05, 0.1) is 25.8 Å². The van der Waals surface area contributed by atoms with Gasteiger partial charge in [0.1, 0.15) is 17.2 Å². The number of benzene rings is 1. The number of nitrogens with zero attached hydrogens (tertiary/aromatic N) is 1. The lowest BCUT2D eigenvalue weighted by Crippen LogP contribution is -1.89. The molecule has 0 N–H and O–H groups in total. The molecule has 83 valence electrons. The van der Waals surface area contributed by atoms with Gasteiger partial charge < -0.3 is 14.2 Å². The van der Waals surface area contributed by atoms with Gasteiger partial charge in [-0.2, -0.15) is 0 Å². The van der Waals surface area contributed by atoms with E-state index in [4.69, 9.17) is 14.2 Å². The zero-order chi connectivity index (χ0) is 11.4. The Morgan fingerprint density at radius 1 is 1.06 bits per heavy atom. The summed E-state index contributed by atoms with van der Waals surface area (Å²) in [5.41, 5.74) is 0. The van der Waals surface area contributed by atoms with Crippen LogP contribution in [-0.2, 0) is 0 Å². The van der Waals surface area contributed by atoms with E-state index in [0.717, 1.165) is 0 Å². The highest BCUT2D eigenvalue weighted by atomic mass is 32.1.